The third-order valence-corrected chi connectivity index (χ3v) is 7.28. The van der Waals surface area contributed by atoms with Crippen molar-refractivity contribution in [3.05, 3.63) is 35.9 Å². The molecular formula is C24H36ClN3O2. The average Bonchev–Trinajstić information content (AvgIpc) is 2.70. The minimum Gasteiger partial charge on any atom is -0.353 e. The predicted octanol–water partition coefficient (Wildman–Crippen LogP) is 3.08. The first kappa shape index (κ1) is 23.1. The molecule has 4 aliphatic carbocycles. The van der Waals surface area contributed by atoms with Crippen LogP contribution < -0.4 is 16.0 Å². The predicted molar refractivity (Wildman–Crippen MR) is 121 cm³/mol. The van der Waals surface area contributed by atoms with Crippen LogP contribution in [0.5, 0.6) is 0 Å². The van der Waals surface area contributed by atoms with E-state index in [1.165, 1.54) is 19.3 Å². The molecule has 1 unspecified atom stereocenters. The van der Waals surface area contributed by atoms with Gasteiger partial charge < -0.3 is 16.0 Å². The quantitative estimate of drug-likeness (QED) is 0.524. The maximum absolute atomic E-state index is 13.5. The van der Waals surface area contributed by atoms with Crippen molar-refractivity contribution in [2.24, 2.45) is 23.2 Å². The Morgan fingerprint density at radius 1 is 1.00 bits per heavy atom. The zero-order valence-electron chi connectivity index (χ0n) is 18.0. The summed E-state index contributed by atoms with van der Waals surface area (Å²) in [5, 5.41) is 9.41. The van der Waals surface area contributed by atoms with Crippen LogP contribution in [0.3, 0.4) is 0 Å². The van der Waals surface area contributed by atoms with E-state index in [1.807, 2.05) is 37.3 Å². The molecule has 4 fully saturated rings. The van der Waals surface area contributed by atoms with Gasteiger partial charge in [0.25, 0.3) is 0 Å². The van der Waals surface area contributed by atoms with Gasteiger partial charge in [0.2, 0.25) is 11.8 Å². The highest BCUT2D eigenvalue weighted by Crippen LogP contribution is 2.60. The van der Waals surface area contributed by atoms with E-state index in [0.29, 0.717) is 30.7 Å². The molecule has 0 radical (unpaired) electrons. The second-order valence-electron chi connectivity index (χ2n) is 9.56. The van der Waals surface area contributed by atoms with Gasteiger partial charge in [0, 0.05) is 24.9 Å². The largest absolute Gasteiger partial charge is 0.353 e. The van der Waals surface area contributed by atoms with E-state index >= 15 is 0 Å². The molecule has 3 N–H and O–H groups in total. The van der Waals surface area contributed by atoms with Gasteiger partial charge in [-0.25, -0.2) is 0 Å². The van der Waals surface area contributed by atoms with Crippen LogP contribution in [0.4, 0.5) is 0 Å². The summed E-state index contributed by atoms with van der Waals surface area (Å²) in [4.78, 5) is 26.4. The van der Waals surface area contributed by atoms with Gasteiger partial charge in [0.1, 0.15) is 6.04 Å². The summed E-state index contributed by atoms with van der Waals surface area (Å²) in [5.41, 5.74) is 0.846. The average molecular weight is 434 g/mol. The van der Waals surface area contributed by atoms with Crippen molar-refractivity contribution in [2.75, 3.05) is 19.6 Å². The first-order valence-electron chi connectivity index (χ1n) is 11.4. The Hall–Kier alpha value is -1.59. The number of carbonyl (C=O) groups is 2. The summed E-state index contributed by atoms with van der Waals surface area (Å²) < 4.78 is 0. The van der Waals surface area contributed by atoms with E-state index in [4.69, 9.17) is 0 Å². The molecular weight excluding hydrogens is 398 g/mol. The minimum atomic E-state index is -0.514. The molecule has 0 spiro atoms. The highest BCUT2D eigenvalue weighted by molar-refractivity contribution is 5.90. The van der Waals surface area contributed by atoms with E-state index in [1.54, 1.807) is 0 Å². The Balaban J connectivity index is 0.00000256. The second-order valence-corrected chi connectivity index (χ2v) is 9.56. The Kier molecular flexibility index (Phi) is 7.81. The van der Waals surface area contributed by atoms with Gasteiger partial charge in [-0.3, -0.25) is 9.59 Å². The molecule has 4 aliphatic rings. The third-order valence-electron chi connectivity index (χ3n) is 7.28. The molecule has 2 amide bonds. The van der Waals surface area contributed by atoms with Gasteiger partial charge in [-0.2, -0.15) is 0 Å². The van der Waals surface area contributed by atoms with E-state index in [9.17, 15) is 9.59 Å². The van der Waals surface area contributed by atoms with E-state index < -0.39 is 6.04 Å². The lowest BCUT2D eigenvalue weighted by atomic mass is 9.49. The lowest BCUT2D eigenvalue weighted by Crippen LogP contribution is -2.58. The molecule has 0 aliphatic heterocycles. The molecule has 4 saturated carbocycles. The molecule has 6 heteroatoms. The SMILES string of the molecule is CCNCCNC(=O)C(Cc1ccccc1)NC(=O)C12CC3CC(CC(C3)C1)C2.Cl. The third kappa shape index (κ3) is 5.17. The summed E-state index contributed by atoms with van der Waals surface area (Å²) in [6.07, 6.45) is 7.52. The normalized spacial score (nSPS) is 29.7. The van der Waals surface area contributed by atoms with Crippen molar-refractivity contribution in [3.8, 4) is 0 Å². The van der Waals surface area contributed by atoms with Crippen molar-refractivity contribution in [2.45, 2.75) is 57.9 Å². The molecule has 1 aromatic rings. The minimum absolute atomic E-state index is 0. The van der Waals surface area contributed by atoms with Crippen LogP contribution in [0.25, 0.3) is 0 Å². The molecule has 30 heavy (non-hydrogen) atoms. The summed E-state index contributed by atoms with van der Waals surface area (Å²) in [7, 11) is 0. The molecule has 5 rings (SSSR count). The number of amides is 2. The van der Waals surface area contributed by atoms with E-state index in [-0.39, 0.29) is 29.6 Å². The van der Waals surface area contributed by atoms with Gasteiger partial charge in [-0.05, 0) is 68.4 Å². The molecule has 1 aromatic carbocycles. The highest BCUT2D eigenvalue weighted by atomic mass is 35.5. The molecule has 166 valence electrons. The van der Waals surface area contributed by atoms with Crippen molar-refractivity contribution in [1.29, 1.82) is 0 Å². The van der Waals surface area contributed by atoms with Crippen LogP contribution in [-0.4, -0.2) is 37.5 Å². The van der Waals surface area contributed by atoms with Crippen molar-refractivity contribution >= 4 is 24.2 Å². The van der Waals surface area contributed by atoms with E-state index in [2.05, 4.69) is 16.0 Å². The number of likely N-dealkylation sites (N-methyl/N-ethyl adjacent to an activating group) is 1. The summed E-state index contributed by atoms with van der Waals surface area (Å²) in [5.74, 6) is 2.19. The maximum atomic E-state index is 13.5. The lowest BCUT2D eigenvalue weighted by Gasteiger charge is -2.55. The fourth-order valence-corrected chi connectivity index (χ4v) is 6.33. The van der Waals surface area contributed by atoms with Crippen molar-refractivity contribution < 1.29 is 9.59 Å². The zero-order valence-corrected chi connectivity index (χ0v) is 18.8. The molecule has 1 atom stereocenters. The van der Waals surface area contributed by atoms with Gasteiger partial charge in [-0.15, -0.1) is 12.4 Å². The summed E-state index contributed by atoms with van der Waals surface area (Å²) in [6.45, 7) is 4.24. The molecule has 0 aromatic heterocycles. The monoisotopic (exact) mass is 433 g/mol. The van der Waals surface area contributed by atoms with Crippen LogP contribution in [0.1, 0.15) is 51.0 Å². The Morgan fingerprint density at radius 2 is 1.60 bits per heavy atom. The van der Waals surface area contributed by atoms with Gasteiger partial charge in [0.05, 0.1) is 0 Å². The van der Waals surface area contributed by atoms with Gasteiger partial charge in [-0.1, -0.05) is 37.3 Å². The first-order chi connectivity index (χ1) is 14.1. The molecule has 0 saturated heterocycles. The summed E-state index contributed by atoms with van der Waals surface area (Å²) >= 11 is 0. The maximum Gasteiger partial charge on any atom is 0.242 e. The number of benzene rings is 1. The van der Waals surface area contributed by atoms with Gasteiger partial charge >= 0.3 is 0 Å². The number of hydrogen-bond donors (Lipinski definition) is 3. The topological polar surface area (TPSA) is 70.2 Å². The number of rotatable bonds is 9. The van der Waals surface area contributed by atoms with Crippen LogP contribution in [-0.2, 0) is 16.0 Å². The zero-order chi connectivity index (χ0) is 20.3. The Morgan fingerprint density at radius 3 is 2.17 bits per heavy atom. The van der Waals surface area contributed by atoms with Gasteiger partial charge in [0.15, 0.2) is 0 Å². The smallest absolute Gasteiger partial charge is 0.242 e. The molecule has 4 bridgehead atoms. The van der Waals surface area contributed by atoms with Crippen LogP contribution in [0.2, 0.25) is 0 Å². The molecule has 0 heterocycles. The van der Waals surface area contributed by atoms with Crippen LogP contribution in [0.15, 0.2) is 30.3 Å². The van der Waals surface area contributed by atoms with Crippen molar-refractivity contribution in [1.82, 2.24) is 16.0 Å². The Labute approximate surface area is 186 Å². The number of carbonyl (C=O) groups excluding carboxylic acids is 2. The van der Waals surface area contributed by atoms with E-state index in [0.717, 1.165) is 37.9 Å². The summed E-state index contributed by atoms with van der Waals surface area (Å²) in [6, 6.07) is 9.47. The van der Waals surface area contributed by atoms with Crippen LogP contribution >= 0.6 is 12.4 Å². The highest BCUT2D eigenvalue weighted by Gasteiger charge is 2.54. The molecule has 5 nitrogen and oxygen atoms in total. The second kappa shape index (κ2) is 10.1. The van der Waals surface area contributed by atoms with Crippen molar-refractivity contribution in [3.63, 3.8) is 0 Å². The van der Waals surface area contributed by atoms with Crippen LogP contribution in [0, 0.1) is 23.2 Å². The fraction of sp³-hybridized carbons (Fsp3) is 0.667. The lowest BCUT2D eigenvalue weighted by molar-refractivity contribution is -0.148. The number of hydrogen-bond acceptors (Lipinski definition) is 3. The Bertz CT molecular complexity index is 689. The standard InChI is InChI=1S/C24H35N3O2.ClH/c1-2-25-8-9-26-22(28)21(13-17-6-4-3-5-7-17)27-23(29)24-14-18-10-19(15-24)12-20(11-18)16-24;/h3-7,18-21,25H,2,8-16H2,1H3,(H,26,28)(H,27,29);1H. The fourth-order valence-electron chi connectivity index (χ4n) is 6.33. The number of nitrogens with one attached hydrogen (secondary N) is 3. The first-order valence-corrected chi connectivity index (χ1v) is 11.4. The number of halogens is 1.